The van der Waals surface area contributed by atoms with E-state index >= 15 is 0 Å². The number of halogens is 1. The van der Waals surface area contributed by atoms with Crippen molar-refractivity contribution in [1.82, 2.24) is 9.71 Å². The summed E-state index contributed by atoms with van der Waals surface area (Å²) in [6.45, 7) is 2.08. The highest BCUT2D eigenvalue weighted by Gasteiger charge is 2.20. The van der Waals surface area contributed by atoms with Crippen LogP contribution in [0.5, 0.6) is 0 Å². The summed E-state index contributed by atoms with van der Waals surface area (Å²) >= 11 is 7.18. The summed E-state index contributed by atoms with van der Waals surface area (Å²) < 4.78 is 27.6. The number of nitrogens with zero attached hydrogens (tertiary/aromatic N) is 1. The number of nitrogens with one attached hydrogen (secondary N) is 1. The molecule has 1 atom stereocenters. The molecule has 0 aliphatic carbocycles. The number of hydrogen-bond donors (Lipinski definition) is 2. The molecule has 3 N–H and O–H groups in total. The first-order valence-corrected chi connectivity index (χ1v) is 8.52. The smallest absolute Gasteiger partial charge is 0.258 e. The zero-order valence-electron chi connectivity index (χ0n) is 10.7. The van der Waals surface area contributed by atoms with E-state index in [0.717, 1.165) is 10.4 Å². The molecule has 2 rings (SSSR count). The third kappa shape index (κ3) is 3.56. The molecule has 0 saturated heterocycles. The van der Waals surface area contributed by atoms with Crippen LogP contribution in [0.1, 0.15) is 23.4 Å². The summed E-state index contributed by atoms with van der Waals surface area (Å²) in [5, 5.41) is -0.0239. The molecule has 20 heavy (non-hydrogen) atoms. The molecule has 0 saturated carbocycles. The first-order chi connectivity index (χ1) is 9.42. The van der Waals surface area contributed by atoms with Crippen LogP contribution in [0.25, 0.3) is 0 Å². The van der Waals surface area contributed by atoms with Crippen molar-refractivity contribution in [3.8, 4) is 0 Å². The van der Waals surface area contributed by atoms with Crippen molar-refractivity contribution in [3.63, 3.8) is 0 Å². The van der Waals surface area contributed by atoms with Gasteiger partial charge in [0, 0.05) is 17.6 Å². The first kappa shape index (κ1) is 15.4. The van der Waals surface area contributed by atoms with Gasteiger partial charge in [0.15, 0.2) is 5.03 Å². The number of nitrogens with two attached hydrogens (primary N) is 1. The van der Waals surface area contributed by atoms with Gasteiger partial charge in [0.2, 0.25) is 0 Å². The van der Waals surface area contributed by atoms with Crippen LogP contribution in [-0.4, -0.2) is 13.4 Å². The van der Waals surface area contributed by atoms with E-state index < -0.39 is 10.0 Å². The minimum atomic E-state index is -3.66. The van der Waals surface area contributed by atoms with E-state index in [1.165, 1.54) is 23.6 Å². The van der Waals surface area contributed by atoms with Crippen molar-refractivity contribution >= 4 is 33.0 Å². The van der Waals surface area contributed by atoms with Crippen LogP contribution in [0.15, 0.2) is 35.5 Å². The Morgan fingerprint density at radius 3 is 2.65 bits per heavy atom. The van der Waals surface area contributed by atoms with Gasteiger partial charge in [-0.1, -0.05) is 17.7 Å². The lowest BCUT2D eigenvalue weighted by Crippen LogP contribution is -2.27. The normalized spacial score (nSPS) is 13.3. The summed E-state index contributed by atoms with van der Waals surface area (Å²) in [7, 11) is -3.66. The summed E-state index contributed by atoms with van der Waals surface area (Å²) in [6, 6.07) is 6.26. The second-order valence-electron chi connectivity index (χ2n) is 4.19. The Morgan fingerprint density at radius 2 is 2.15 bits per heavy atom. The van der Waals surface area contributed by atoms with Crippen LogP contribution in [0.3, 0.4) is 0 Å². The van der Waals surface area contributed by atoms with Crippen LogP contribution in [-0.2, 0) is 16.6 Å². The monoisotopic (exact) mass is 331 g/mol. The molecule has 2 aromatic rings. The van der Waals surface area contributed by atoms with E-state index in [4.69, 9.17) is 17.3 Å². The van der Waals surface area contributed by atoms with Gasteiger partial charge < -0.3 is 5.73 Å². The molecular weight excluding hydrogens is 318 g/mol. The Kier molecular flexibility index (Phi) is 4.77. The molecule has 2 aromatic heterocycles. The van der Waals surface area contributed by atoms with E-state index in [9.17, 15) is 8.42 Å². The maximum Gasteiger partial charge on any atom is 0.258 e. The van der Waals surface area contributed by atoms with Gasteiger partial charge >= 0.3 is 0 Å². The molecule has 108 valence electrons. The van der Waals surface area contributed by atoms with E-state index in [0.29, 0.717) is 10.9 Å². The number of hydrogen-bond acceptors (Lipinski definition) is 5. The van der Waals surface area contributed by atoms with Crippen molar-refractivity contribution in [2.75, 3.05) is 0 Å². The third-order valence-corrected chi connectivity index (χ3v) is 5.53. The van der Waals surface area contributed by atoms with Crippen molar-refractivity contribution in [3.05, 3.63) is 45.2 Å². The van der Waals surface area contributed by atoms with Crippen molar-refractivity contribution in [1.29, 1.82) is 0 Å². The quantitative estimate of drug-likeness (QED) is 0.880. The minimum Gasteiger partial charge on any atom is -0.326 e. The average Bonchev–Trinajstić information content (AvgIpc) is 2.85. The highest BCUT2D eigenvalue weighted by molar-refractivity contribution is 7.89. The second kappa shape index (κ2) is 6.19. The summed E-state index contributed by atoms with van der Waals surface area (Å²) in [5.74, 6) is 0. The van der Waals surface area contributed by atoms with Crippen LogP contribution >= 0.6 is 22.9 Å². The number of thiophene rings is 1. The Labute approximate surface area is 126 Å². The fraction of sp³-hybridized carbons (Fsp3) is 0.250. The Morgan fingerprint density at radius 1 is 1.40 bits per heavy atom. The van der Waals surface area contributed by atoms with E-state index in [-0.39, 0.29) is 11.1 Å². The SMILES string of the molecule is CC(NS(=O)(=O)c1ccc(CN)cn1)c1ccc(Cl)s1. The lowest BCUT2D eigenvalue weighted by molar-refractivity contribution is 0.564. The highest BCUT2D eigenvalue weighted by Crippen LogP contribution is 2.27. The molecule has 0 spiro atoms. The fourth-order valence-electron chi connectivity index (χ4n) is 1.60. The van der Waals surface area contributed by atoms with Gasteiger partial charge in [-0.2, -0.15) is 0 Å². The number of aromatic nitrogens is 1. The topological polar surface area (TPSA) is 85.1 Å². The lowest BCUT2D eigenvalue weighted by atomic mass is 10.3. The fourth-order valence-corrected chi connectivity index (χ4v) is 3.89. The number of rotatable bonds is 5. The van der Waals surface area contributed by atoms with Gasteiger partial charge in [-0.15, -0.1) is 11.3 Å². The van der Waals surface area contributed by atoms with Crippen molar-refractivity contribution in [2.24, 2.45) is 5.73 Å². The molecule has 0 radical (unpaired) electrons. The van der Waals surface area contributed by atoms with Crippen LogP contribution in [0, 0.1) is 0 Å². The summed E-state index contributed by atoms with van der Waals surface area (Å²) in [4.78, 5) is 4.76. The molecule has 0 bridgehead atoms. The van der Waals surface area contributed by atoms with Crippen LogP contribution < -0.4 is 10.5 Å². The largest absolute Gasteiger partial charge is 0.326 e. The molecular formula is C12H14ClN3O2S2. The Hall–Kier alpha value is -0.990. The van der Waals surface area contributed by atoms with E-state index in [1.807, 2.05) is 0 Å². The predicted octanol–water partition coefficient (Wildman–Crippen LogP) is 2.29. The minimum absolute atomic E-state index is 0.0239. The highest BCUT2D eigenvalue weighted by atomic mass is 35.5. The zero-order valence-corrected chi connectivity index (χ0v) is 13.1. The molecule has 8 heteroatoms. The van der Waals surface area contributed by atoms with E-state index in [1.54, 1.807) is 25.1 Å². The maximum atomic E-state index is 12.2. The zero-order chi connectivity index (χ0) is 14.8. The molecule has 5 nitrogen and oxygen atoms in total. The first-order valence-electron chi connectivity index (χ1n) is 5.85. The Bertz CT molecular complexity index is 683. The molecule has 0 amide bonds. The molecule has 2 heterocycles. The second-order valence-corrected chi connectivity index (χ2v) is 7.60. The Balaban J connectivity index is 2.17. The predicted molar refractivity (Wildman–Crippen MR) is 80.2 cm³/mol. The molecule has 1 unspecified atom stereocenters. The van der Waals surface area contributed by atoms with Gasteiger partial charge in [-0.3, -0.25) is 0 Å². The van der Waals surface area contributed by atoms with Crippen LogP contribution in [0.2, 0.25) is 4.34 Å². The lowest BCUT2D eigenvalue weighted by Gasteiger charge is -2.12. The molecule has 0 fully saturated rings. The van der Waals surface area contributed by atoms with Gasteiger partial charge in [0.1, 0.15) is 0 Å². The third-order valence-electron chi connectivity index (χ3n) is 2.66. The molecule has 0 aliphatic heterocycles. The average molecular weight is 332 g/mol. The van der Waals surface area contributed by atoms with E-state index in [2.05, 4.69) is 9.71 Å². The van der Waals surface area contributed by atoms with Crippen molar-refractivity contribution < 1.29 is 8.42 Å². The van der Waals surface area contributed by atoms with Gasteiger partial charge in [0.05, 0.1) is 10.4 Å². The number of pyridine rings is 1. The summed E-state index contributed by atoms with van der Waals surface area (Å²) in [5.41, 5.74) is 6.23. The van der Waals surface area contributed by atoms with Gasteiger partial charge in [-0.25, -0.2) is 18.1 Å². The van der Waals surface area contributed by atoms with Gasteiger partial charge in [0.25, 0.3) is 10.0 Å². The van der Waals surface area contributed by atoms with Crippen molar-refractivity contribution in [2.45, 2.75) is 24.5 Å². The number of sulfonamides is 1. The van der Waals surface area contributed by atoms with Gasteiger partial charge in [-0.05, 0) is 30.7 Å². The van der Waals surface area contributed by atoms with Crippen LogP contribution in [0.4, 0.5) is 0 Å². The maximum absolute atomic E-state index is 12.2. The standard InChI is InChI=1S/C12H14ClN3O2S2/c1-8(10-3-4-11(13)19-10)16-20(17,18)12-5-2-9(6-14)7-15-12/h2-5,7-8,16H,6,14H2,1H3. The summed E-state index contributed by atoms with van der Waals surface area (Å²) in [6.07, 6.45) is 1.46. The molecule has 0 aliphatic rings. The molecule has 0 aromatic carbocycles.